The number of hydroxylamine groups is 1. The number of methoxy groups -OCH3 is 1. The predicted molar refractivity (Wildman–Crippen MR) is 178 cm³/mol. The highest BCUT2D eigenvalue weighted by molar-refractivity contribution is 6.02. The summed E-state index contributed by atoms with van der Waals surface area (Å²) >= 11 is 0. The van der Waals surface area contributed by atoms with Crippen molar-refractivity contribution in [3.05, 3.63) is 73.1 Å². The third-order valence-electron chi connectivity index (χ3n) is 9.17. The Kier molecular flexibility index (Phi) is 9.78. The van der Waals surface area contributed by atoms with E-state index in [2.05, 4.69) is 60.9 Å². The molecule has 2 N–H and O–H groups in total. The number of aromatic nitrogens is 2. The standard InChI is InChI=1S/C34H44N8O3/c1-4-34(43)38-27-21-28(37-32-23-33(36-24-35-32)42-29(13-20-45-42)25-9-7-6-8-10-25)31(44-3)22-30(27)41-14-11-26(12-15-41)40-18-16-39(5-2)17-19-40/h4,6-10,21-24,26,29H,1,5,11-20H2,2-3H3,(H,38,43)(H,35,36,37). The number of carbonyl (C=O) groups excluding carboxylic acids is 1. The monoisotopic (exact) mass is 612 g/mol. The van der Waals surface area contributed by atoms with E-state index in [1.54, 1.807) is 7.11 Å². The average molecular weight is 613 g/mol. The summed E-state index contributed by atoms with van der Waals surface area (Å²) in [7, 11) is 1.66. The van der Waals surface area contributed by atoms with E-state index < -0.39 is 0 Å². The molecule has 6 rings (SSSR count). The van der Waals surface area contributed by atoms with Crippen molar-refractivity contribution in [1.82, 2.24) is 19.8 Å². The molecule has 0 spiro atoms. The van der Waals surface area contributed by atoms with Gasteiger partial charge in [-0.1, -0.05) is 43.8 Å². The van der Waals surface area contributed by atoms with E-state index in [-0.39, 0.29) is 11.9 Å². The molecule has 3 fully saturated rings. The van der Waals surface area contributed by atoms with Crippen molar-refractivity contribution in [2.45, 2.75) is 38.3 Å². The van der Waals surface area contributed by atoms with E-state index in [4.69, 9.17) is 9.57 Å². The maximum absolute atomic E-state index is 12.5. The van der Waals surface area contributed by atoms with Gasteiger partial charge in [0.15, 0.2) is 5.82 Å². The molecule has 1 aromatic heterocycles. The third-order valence-corrected chi connectivity index (χ3v) is 9.17. The molecule has 238 valence electrons. The number of amides is 1. The predicted octanol–water partition coefficient (Wildman–Crippen LogP) is 4.84. The Balaban J connectivity index is 1.21. The lowest BCUT2D eigenvalue weighted by molar-refractivity contribution is -0.111. The number of hydrogen-bond donors (Lipinski definition) is 2. The zero-order valence-corrected chi connectivity index (χ0v) is 26.3. The second-order valence-corrected chi connectivity index (χ2v) is 11.7. The Bertz CT molecular complexity index is 1460. The van der Waals surface area contributed by atoms with Gasteiger partial charge in [-0.3, -0.25) is 14.5 Å². The number of likely N-dealkylation sites (N-methyl/N-ethyl adjacent to an activating group) is 1. The van der Waals surface area contributed by atoms with Crippen LogP contribution in [0.2, 0.25) is 0 Å². The molecule has 1 amide bonds. The van der Waals surface area contributed by atoms with Crippen LogP contribution in [0.3, 0.4) is 0 Å². The fraction of sp³-hybridized carbons (Fsp3) is 0.441. The van der Waals surface area contributed by atoms with Crippen LogP contribution in [-0.4, -0.2) is 91.2 Å². The van der Waals surface area contributed by atoms with Gasteiger partial charge in [0.1, 0.15) is 17.9 Å². The van der Waals surface area contributed by atoms with Crippen LogP contribution in [0.1, 0.15) is 37.8 Å². The SMILES string of the molecule is C=CC(=O)Nc1cc(Nc2cc(N3OCCC3c3ccccc3)ncn2)c(OC)cc1N1CCC(N2CCN(CC)CC2)CC1. The molecule has 3 aliphatic rings. The van der Waals surface area contributed by atoms with Crippen LogP contribution < -0.4 is 25.3 Å². The Morgan fingerprint density at radius 3 is 2.51 bits per heavy atom. The Morgan fingerprint density at radius 1 is 1.02 bits per heavy atom. The lowest BCUT2D eigenvalue weighted by Gasteiger charge is -2.43. The molecule has 4 heterocycles. The maximum atomic E-state index is 12.5. The van der Waals surface area contributed by atoms with E-state index in [1.165, 1.54) is 18.0 Å². The van der Waals surface area contributed by atoms with Gasteiger partial charge in [-0.2, -0.15) is 0 Å². The number of nitrogens with zero attached hydrogens (tertiary/aromatic N) is 6. The van der Waals surface area contributed by atoms with E-state index >= 15 is 0 Å². The number of hydrogen-bond acceptors (Lipinski definition) is 10. The molecule has 11 nitrogen and oxygen atoms in total. The summed E-state index contributed by atoms with van der Waals surface area (Å²) in [6.07, 6.45) is 5.84. The van der Waals surface area contributed by atoms with Gasteiger partial charge in [0, 0.05) is 63.9 Å². The molecule has 3 aliphatic heterocycles. The second-order valence-electron chi connectivity index (χ2n) is 11.7. The first-order chi connectivity index (χ1) is 22.1. The van der Waals surface area contributed by atoms with Gasteiger partial charge in [-0.05, 0) is 37.1 Å². The first-order valence-electron chi connectivity index (χ1n) is 16.0. The summed E-state index contributed by atoms with van der Waals surface area (Å²) in [5, 5.41) is 8.28. The minimum absolute atomic E-state index is 0.0635. The molecule has 45 heavy (non-hydrogen) atoms. The summed E-state index contributed by atoms with van der Waals surface area (Å²) in [6, 6.07) is 16.7. The van der Waals surface area contributed by atoms with Gasteiger partial charge in [-0.15, -0.1) is 0 Å². The number of benzene rings is 2. The van der Waals surface area contributed by atoms with Gasteiger partial charge < -0.3 is 25.2 Å². The van der Waals surface area contributed by atoms with E-state index in [1.807, 2.05) is 41.5 Å². The van der Waals surface area contributed by atoms with Crippen LogP contribution in [0.15, 0.2) is 67.5 Å². The van der Waals surface area contributed by atoms with Crippen molar-refractivity contribution in [2.75, 3.05) is 80.1 Å². The van der Waals surface area contributed by atoms with Crippen LogP contribution >= 0.6 is 0 Å². The van der Waals surface area contributed by atoms with Gasteiger partial charge in [0.25, 0.3) is 0 Å². The van der Waals surface area contributed by atoms with Crippen molar-refractivity contribution in [1.29, 1.82) is 0 Å². The molecule has 0 bridgehead atoms. The molecule has 2 aromatic carbocycles. The Hall–Kier alpha value is -4.19. The van der Waals surface area contributed by atoms with Gasteiger partial charge in [0.05, 0.1) is 36.8 Å². The first-order valence-corrected chi connectivity index (χ1v) is 16.0. The second kappa shape index (κ2) is 14.3. The fourth-order valence-corrected chi connectivity index (χ4v) is 6.64. The minimum Gasteiger partial charge on any atom is -0.494 e. The van der Waals surface area contributed by atoms with E-state index in [0.29, 0.717) is 41.4 Å². The number of nitrogens with one attached hydrogen (secondary N) is 2. The largest absolute Gasteiger partial charge is 0.494 e. The van der Waals surface area contributed by atoms with Gasteiger partial charge in [-0.25, -0.2) is 15.0 Å². The number of piperidine rings is 1. The molecule has 3 saturated heterocycles. The first kappa shape index (κ1) is 30.8. The van der Waals surface area contributed by atoms with Crippen LogP contribution in [-0.2, 0) is 9.63 Å². The Labute approximate surface area is 265 Å². The quantitative estimate of drug-likeness (QED) is 0.310. The number of anilines is 5. The molecule has 1 unspecified atom stereocenters. The van der Waals surface area contributed by atoms with Crippen molar-refractivity contribution >= 4 is 34.6 Å². The van der Waals surface area contributed by atoms with Crippen molar-refractivity contribution in [3.8, 4) is 5.75 Å². The summed E-state index contributed by atoms with van der Waals surface area (Å²) < 4.78 is 5.86. The maximum Gasteiger partial charge on any atom is 0.247 e. The lowest BCUT2D eigenvalue weighted by atomic mass is 10.0. The van der Waals surface area contributed by atoms with Crippen molar-refractivity contribution in [3.63, 3.8) is 0 Å². The zero-order chi connectivity index (χ0) is 31.2. The highest BCUT2D eigenvalue weighted by Crippen LogP contribution is 2.40. The van der Waals surface area contributed by atoms with Crippen molar-refractivity contribution in [2.24, 2.45) is 0 Å². The average Bonchev–Trinajstić information content (AvgIpc) is 3.59. The van der Waals surface area contributed by atoms with Crippen molar-refractivity contribution < 1.29 is 14.4 Å². The van der Waals surface area contributed by atoms with Crippen LogP contribution in [0.25, 0.3) is 0 Å². The van der Waals surface area contributed by atoms with Crippen LogP contribution in [0, 0.1) is 0 Å². The zero-order valence-electron chi connectivity index (χ0n) is 26.3. The molecule has 0 radical (unpaired) electrons. The highest BCUT2D eigenvalue weighted by Gasteiger charge is 2.30. The molecular weight excluding hydrogens is 568 g/mol. The van der Waals surface area contributed by atoms with Crippen LogP contribution in [0.4, 0.5) is 28.7 Å². The number of ether oxygens (including phenoxy) is 1. The van der Waals surface area contributed by atoms with E-state index in [0.717, 1.165) is 70.8 Å². The van der Waals surface area contributed by atoms with Gasteiger partial charge >= 0.3 is 0 Å². The summed E-state index contributed by atoms with van der Waals surface area (Å²) in [5.41, 5.74) is 3.47. The third kappa shape index (κ3) is 7.06. The normalized spacial score (nSPS) is 19.8. The molecule has 0 aliphatic carbocycles. The molecule has 11 heteroatoms. The fourth-order valence-electron chi connectivity index (χ4n) is 6.64. The smallest absolute Gasteiger partial charge is 0.247 e. The van der Waals surface area contributed by atoms with Crippen LogP contribution in [0.5, 0.6) is 5.75 Å². The number of piperazine rings is 1. The number of carbonyl (C=O) groups is 1. The lowest BCUT2D eigenvalue weighted by Crippen LogP contribution is -2.53. The highest BCUT2D eigenvalue weighted by atomic mass is 16.7. The summed E-state index contributed by atoms with van der Waals surface area (Å²) in [5.74, 6) is 1.63. The van der Waals surface area contributed by atoms with Gasteiger partial charge in [0.2, 0.25) is 5.91 Å². The van der Waals surface area contributed by atoms with E-state index in [9.17, 15) is 4.79 Å². The minimum atomic E-state index is -0.265. The molecular formula is C34H44N8O3. The number of rotatable bonds is 10. The molecule has 3 aromatic rings. The topological polar surface area (TPSA) is 98.3 Å². The molecule has 0 saturated carbocycles. The Morgan fingerprint density at radius 2 is 1.80 bits per heavy atom. The molecule has 1 atom stereocenters. The summed E-state index contributed by atoms with van der Waals surface area (Å²) in [4.78, 5) is 35.0. The summed E-state index contributed by atoms with van der Waals surface area (Å²) in [6.45, 7) is 14.0.